The summed E-state index contributed by atoms with van der Waals surface area (Å²) in [6.07, 6.45) is 0.641. The molecule has 28 heavy (non-hydrogen) atoms. The first-order chi connectivity index (χ1) is 13.3. The number of carbonyl (C=O) groups excluding carboxylic acids is 1. The van der Waals surface area contributed by atoms with Crippen LogP contribution < -0.4 is 5.56 Å². The van der Waals surface area contributed by atoms with Gasteiger partial charge in [0, 0.05) is 16.5 Å². The molecule has 142 valence electrons. The number of hydrogen-bond donors (Lipinski definition) is 2. The lowest BCUT2D eigenvalue weighted by molar-refractivity contribution is -0.196. The van der Waals surface area contributed by atoms with E-state index in [-0.39, 0.29) is 24.5 Å². The number of alkyl halides is 1. The minimum absolute atomic E-state index is 0.0820. The molecule has 0 spiro atoms. The Morgan fingerprint density at radius 1 is 1.29 bits per heavy atom. The van der Waals surface area contributed by atoms with Gasteiger partial charge in [0.2, 0.25) is 0 Å². The molecular formula is C20H15FN2O5. The largest absolute Gasteiger partial charge is 0.508 e. The predicted octanol–water partition coefficient (Wildman–Crippen LogP) is 1.86. The topological polar surface area (TPSA) is 102 Å². The molecule has 0 radical (unpaired) electrons. The number of carbonyl (C=O) groups is 1. The van der Waals surface area contributed by atoms with Crippen molar-refractivity contribution in [3.8, 4) is 17.1 Å². The summed E-state index contributed by atoms with van der Waals surface area (Å²) in [4.78, 5) is 29.2. The van der Waals surface area contributed by atoms with E-state index in [1.54, 1.807) is 12.1 Å². The van der Waals surface area contributed by atoms with E-state index in [0.717, 1.165) is 16.5 Å². The summed E-state index contributed by atoms with van der Waals surface area (Å²) in [5.41, 5.74) is 2.21. The van der Waals surface area contributed by atoms with Crippen molar-refractivity contribution in [1.82, 2.24) is 9.55 Å². The number of aromatic hydroxyl groups is 1. The molecular weight excluding hydrogens is 367 g/mol. The summed E-state index contributed by atoms with van der Waals surface area (Å²) >= 11 is 0. The van der Waals surface area contributed by atoms with Crippen LogP contribution in [0.1, 0.15) is 29.2 Å². The maximum atomic E-state index is 14.6. The fraction of sp³-hybridized carbons (Fsp3) is 0.250. The summed E-state index contributed by atoms with van der Waals surface area (Å²) < 4.78 is 20.7. The molecule has 0 amide bonds. The van der Waals surface area contributed by atoms with Crippen molar-refractivity contribution in [2.24, 2.45) is 0 Å². The highest BCUT2D eigenvalue weighted by Crippen LogP contribution is 2.40. The van der Waals surface area contributed by atoms with Crippen LogP contribution in [-0.2, 0) is 35.0 Å². The zero-order valence-corrected chi connectivity index (χ0v) is 14.8. The van der Waals surface area contributed by atoms with E-state index in [9.17, 15) is 24.2 Å². The smallest absolute Gasteiger partial charge is 0.377 e. The lowest BCUT2D eigenvalue weighted by atomic mass is 9.96. The number of phenols is 1. The van der Waals surface area contributed by atoms with Crippen LogP contribution in [0.4, 0.5) is 4.39 Å². The standard InChI is InChI=1S/C20H15FN2O5/c1-2-10-11-5-9(24)3-4-15(11)22-17-12(10)7-23-16(17)6-14-13(18(23)25)8-28-19(26)20(14,21)27/h3-6,24,27H,2,7-8H2,1H3/t20-/m0/s1. The molecule has 1 aromatic carbocycles. The summed E-state index contributed by atoms with van der Waals surface area (Å²) in [6.45, 7) is 1.81. The second-order valence-electron chi connectivity index (χ2n) is 6.98. The second kappa shape index (κ2) is 5.39. The number of aryl methyl sites for hydroxylation is 1. The van der Waals surface area contributed by atoms with Gasteiger partial charge in [0.25, 0.3) is 5.56 Å². The second-order valence-corrected chi connectivity index (χ2v) is 6.98. The maximum Gasteiger partial charge on any atom is 0.377 e. The molecule has 0 bridgehead atoms. The number of cyclic esters (lactones) is 1. The van der Waals surface area contributed by atoms with Gasteiger partial charge in [0.05, 0.1) is 29.0 Å². The fourth-order valence-electron chi connectivity index (χ4n) is 4.12. The van der Waals surface area contributed by atoms with E-state index >= 15 is 0 Å². The number of nitrogens with zero attached hydrogens (tertiary/aromatic N) is 2. The predicted molar refractivity (Wildman–Crippen MR) is 96.4 cm³/mol. The Labute approximate surface area is 157 Å². The maximum absolute atomic E-state index is 14.6. The molecule has 0 unspecified atom stereocenters. The minimum Gasteiger partial charge on any atom is -0.508 e. The van der Waals surface area contributed by atoms with Gasteiger partial charge in [-0.3, -0.25) is 4.79 Å². The first-order valence-corrected chi connectivity index (χ1v) is 8.83. The van der Waals surface area contributed by atoms with Crippen LogP contribution in [-0.4, -0.2) is 25.7 Å². The molecule has 1 atom stereocenters. The Morgan fingerprint density at radius 3 is 2.82 bits per heavy atom. The molecule has 5 rings (SSSR count). The Balaban J connectivity index is 1.84. The van der Waals surface area contributed by atoms with Gasteiger partial charge in [0.1, 0.15) is 12.4 Å². The third-order valence-electron chi connectivity index (χ3n) is 5.48. The first kappa shape index (κ1) is 16.9. The molecule has 2 aliphatic heterocycles. The van der Waals surface area contributed by atoms with E-state index in [4.69, 9.17) is 0 Å². The number of esters is 1. The molecule has 0 fully saturated rings. The van der Waals surface area contributed by atoms with Crippen LogP contribution >= 0.6 is 0 Å². The Hall–Kier alpha value is -3.26. The summed E-state index contributed by atoms with van der Waals surface area (Å²) in [7, 11) is 0. The lowest BCUT2D eigenvalue weighted by Crippen LogP contribution is -2.41. The SMILES string of the molecule is CCc1c2c(nc3ccc(O)cc13)-c1cc3c(c(=O)n1C2)COC(=O)[C@]3(O)F. The number of pyridine rings is 2. The van der Waals surface area contributed by atoms with E-state index in [0.29, 0.717) is 23.3 Å². The molecule has 2 aromatic heterocycles. The zero-order valence-electron chi connectivity index (χ0n) is 14.8. The average molecular weight is 382 g/mol. The molecule has 0 saturated heterocycles. The monoisotopic (exact) mass is 382 g/mol. The molecule has 8 heteroatoms. The van der Waals surface area contributed by atoms with Crippen molar-refractivity contribution in [2.75, 3.05) is 0 Å². The third-order valence-corrected chi connectivity index (χ3v) is 5.48. The zero-order chi connectivity index (χ0) is 19.8. The van der Waals surface area contributed by atoms with Crippen molar-refractivity contribution in [2.45, 2.75) is 32.4 Å². The number of benzene rings is 1. The number of fused-ring (bicyclic) bond motifs is 5. The number of aromatic nitrogens is 2. The van der Waals surface area contributed by atoms with Gasteiger partial charge in [-0.1, -0.05) is 6.92 Å². The van der Waals surface area contributed by atoms with Crippen LogP contribution in [0, 0.1) is 0 Å². The highest BCUT2D eigenvalue weighted by molar-refractivity contribution is 5.89. The van der Waals surface area contributed by atoms with Gasteiger partial charge in [0.15, 0.2) is 0 Å². The first-order valence-electron chi connectivity index (χ1n) is 8.83. The number of aliphatic hydroxyl groups is 1. The minimum atomic E-state index is -3.37. The van der Waals surface area contributed by atoms with Crippen LogP contribution in [0.15, 0.2) is 29.1 Å². The Bertz CT molecular complexity index is 1260. The molecule has 0 aliphatic carbocycles. The average Bonchev–Trinajstić information content (AvgIpc) is 3.02. The van der Waals surface area contributed by atoms with Gasteiger partial charge < -0.3 is 19.5 Å². The Morgan fingerprint density at radius 2 is 2.07 bits per heavy atom. The van der Waals surface area contributed by atoms with Gasteiger partial charge in [-0.25, -0.2) is 9.78 Å². The van der Waals surface area contributed by atoms with E-state index in [1.165, 1.54) is 16.7 Å². The number of halogens is 1. The number of phenolic OH excluding ortho intramolecular Hbond substituents is 1. The van der Waals surface area contributed by atoms with Gasteiger partial charge in [-0.2, -0.15) is 4.39 Å². The van der Waals surface area contributed by atoms with Crippen LogP contribution in [0.25, 0.3) is 22.3 Å². The van der Waals surface area contributed by atoms with Crippen molar-refractivity contribution in [3.05, 3.63) is 56.9 Å². The molecule has 0 saturated carbocycles. The van der Waals surface area contributed by atoms with Gasteiger partial charge >= 0.3 is 11.8 Å². The Kier molecular flexibility index (Phi) is 3.25. The molecule has 3 aromatic rings. The molecule has 2 aliphatic rings. The van der Waals surface area contributed by atoms with E-state index < -0.39 is 22.9 Å². The van der Waals surface area contributed by atoms with Crippen molar-refractivity contribution >= 4 is 16.9 Å². The van der Waals surface area contributed by atoms with Crippen LogP contribution in [0.5, 0.6) is 5.75 Å². The fourth-order valence-corrected chi connectivity index (χ4v) is 4.12. The quantitative estimate of drug-likeness (QED) is 0.488. The normalized spacial score (nSPS) is 19.9. The highest BCUT2D eigenvalue weighted by atomic mass is 19.2. The van der Waals surface area contributed by atoms with Crippen molar-refractivity contribution in [1.29, 1.82) is 0 Å². The summed E-state index contributed by atoms with van der Waals surface area (Å²) in [6, 6.07) is 6.13. The molecule has 4 heterocycles. The van der Waals surface area contributed by atoms with E-state index in [1.807, 2.05) is 6.92 Å². The molecule has 7 nitrogen and oxygen atoms in total. The van der Waals surface area contributed by atoms with Gasteiger partial charge in [-0.05, 0) is 36.2 Å². The molecule has 2 N–H and O–H groups in total. The highest BCUT2D eigenvalue weighted by Gasteiger charge is 2.47. The third kappa shape index (κ3) is 2.03. The van der Waals surface area contributed by atoms with E-state index in [2.05, 4.69) is 9.72 Å². The van der Waals surface area contributed by atoms with Gasteiger partial charge in [-0.15, -0.1) is 0 Å². The van der Waals surface area contributed by atoms with Crippen LogP contribution in [0.3, 0.4) is 0 Å². The number of ether oxygens (including phenoxy) is 1. The lowest BCUT2D eigenvalue weighted by Gasteiger charge is -2.26. The number of hydrogen-bond acceptors (Lipinski definition) is 6. The van der Waals surface area contributed by atoms with Crippen molar-refractivity contribution in [3.63, 3.8) is 0 Å². The van der Waals surface area contributed by atoms with Crippen LogP contribution in [0.2, 0.25) is 0 Å². The summed E-state index contributed by atoms with van der Waals surface area (Å²) in [5.74, 6) is -4.69. The number of rotatable bonds is 1. The summed E-state index contributed by atoms with van der Waals surface area (Å²) in [5, 5.41) is 20.6. The van der Waals surface area contributed by atoms with Crippen molar-refractivity contribution < 1.29 is 24.1 Å².